The van der Waals surface area contributed by atoms with Gasteiger partial charge in [0.05, 0.1) is 6.04 Å². The lowest BCUT2D eigenvalue weighted by molar-refractivity contribution is -0.122. The lowest BCUT2D eigenvalue weighted by Gasteiger charge is -2.18. The Labute approximate surface area is 135 Å². The maximum Gasteiger partial charge on any atom is 0.221 e. The van der Waals surface area contributed by atoms with E-state index in [-0.39, 0.29) is 17.9 Å². The Morgan fingerprint density at radius 2 is 2.09 bits per heavy atom. The minimum atomic E-state index is 0.106. The van der Waals surface area contributed by atoms with Crippen molar-refractivity contribution in [3.63, 3.8) is 0 Å². The van der Waals surface area contributed by atoms with E-state index in [1.165, 1.54) is 23.3 Å². The van der Waals surface area contributed by atoms with Crippen LogP contribution >= 0.6 is 11.3 Å². The Kier molecular flexibility index (Phi) is 4.57. The van der Waals surface area contributed by atoms with Gasteiger partial charge in [-0.25, -0.2) is 4.98 Å². The first-order valence-corrected chi connectivity index (χ1v) is 8.72. The van der Waals surface area contributed by atoms with Gasteiger partial charge >= 0.3 is 0 Å². The third kappa shape index (κ3) is 3.74. The molecule has 2 atom stereocenters. The van der Waals surface area contributed by atoms with Crippen molar-refractivity contribution < 1.29 is 4.79 Å². The second-order valence-corrected chi connectivity index (χ2v) is 7.47. The van der Waals surface area contributed by atoms with Gasteiger partial charge < -0.3 is 5.32 Å². The predicted octanol–water partition coefficient (Wildman–Crippen LogP) is 4.21. The van der Waals surface area contributed by atoms with Gasteiger partial charge in [0.15, 0.2) is 0 Å². The number of nitrogens with one attached hydrogen (secondary N) is 1. The molecule has 1 aliphatic rings. The van der Waals surface area contributed by atoms with Crippen molar-refractivity contribution in [2.45, 2.75) is 45.1 Å². The zero-order chi connectivity index (χ0) is 15.5. The fraction of sp³-hybridized carbons (Fsp3) is 0.444. The van der Waals surface area contributed by atoms with Gasteiger partial charge in [-0.05, 0) is 37.2 Å². The van der Waals surface area contributed by atoms with Crippen LogP contribution in [0.1, 0.15) is 53.6 Å². The summed E-state index contributed by atoms with van der Waals surface area (Å²) in [7, 11) is 0. The summed E-state index contributed by atoms with van der Waals surface area (Å²) >= 11 is 1.70. The topological polar surface area (TPSA) is 42.0 Å². The van der Waals surface area contributed by atoms with E-state index in [1.54, 1.807) is 11.3 Å². The summed E-state index contributed by atoms with van der Waals surface area (Å²) in [5, 5.41) is 4.27. The Hall–Kier alpha value is -1.68. The fourth-order valence-electron chi connectivity index (χ4n) is 2.74. The minimum Gasteiger partial charge on any atom is -0.347 e. The van der Waals surface area contributed by atoms with E-state index in [1.807, 2.05) is 24.4 Å². The molecule has 1 aromatic carbocycles. The van der Waals surface area contributed by atoms with Crippen LogP contribution in [0.15, 0.2) is 36.5 Å². The van der Waals surface area contributed by atoms with Gasteiger partial charge in [-0.1, -0.05) is 37.3 Å². The Morgan fingerprint density at radius 1 is 1.36 bits per heavy atom. The van der Waals surface area contributed by atoms with Crippen molar-refractivity contribution in [1.82, 2.24) is 10.3 Å². The van der Waals surface area contributed by atoms with Gasteiger partial charge in [0.25, 0.3) is 0 Å². The number of benzene rings is 1. The molecule has 116 valence electrons. The number of carbonyl (C=O) groups is 1. The second-order valence-electron chi connectivity index (χ2n) is 6.21. The molecule has 0 saturated heterocycles. The highest BCUT2D eigenvalue weighted by molar-refractivity contribution is 7.11. The molecular weight excluding hydrogens is 292 g/mol. The van der Waals surface area contributed by atoms with Gasteiger partial charge in [0, 0.05) is 17.5 Å². The first-order chi connectivity index (χ1) is 10.6. The first kappa shape index (κ1) is 15.2. The maximum absolute atomic E-state index is 12.4. The van der Waals surface area contributed by atoms with E-state index in [0.717, 1.165) is 5.01 Å². The van der Waals surface area contributed by atoms with Crippen LogP contribution in [0.25, 0.3) is 0 Å². The molecule has 1 aliphatic carbocycles. The molecule has 0 radical (unpaired) electrons. The standard InChI is InChI=1S/C18H22N2OS/c1-12(14-6-4-3-5-7-14)10-16(21)20-17(15-8-9-15)18-19-11-13(2)22-18/h3-7,11-12,15,17H,8-10H2,1-2H3,(H,20,21)/t12-,17+/m0/s1. The number of hydrogen-bond acceptors (Lipinski definition) is 3. The molecule has 3 nitrogen and oxygen atoms in total. The van der Waals surface area contributed by atoms with Gasteiger partial charge in [0.1, 0.15) is 5.01 Å². The summed E-state index contributed by atoms with van der Waals surface area (Å²) in [5.74, 6) is 0.932. The lowest BCUT2D eigenvalue weighted by atomic mass is 9.97. The molecule has 4 heteroatoms. The molecule has 0 aliphatic heterocycles. The van der Waals surface area contributed by atoms with Crippen LogP contribution in [0.3, 0.4) is 0 Å². The van der Waals surface area contributed by atoms with Crippen LogP contribution in [0.2, 0.25) is 0 Å². The maximum atomic E-state index is 12.4. The van der Waals surface area contributed by atoms with Gasteiger partial charge in [-0.3, -0.25) is 4.79 Å². The second kappa shape index (κ2) is 6.61. The molecule has 3 rings (SSSR count). The Balaban J connectivity index is 1.62. The van der Waals surface area contributed by atoms with Crippen LogP contribution in [-0.4, -0.2) is 10.9 Å². The highest BCUT2D eigenvalue weighted by atomic mass is 32.1. The molecule has 0 bridgehead atoms. The fourth-order valence-corrected chi connectivity index (χ4v) is 3.66. The average Bonchev–Trinajstić information content (AvgIpc) is 3.27. The average molecular weight is 314 g/mol. The molecule has 1 heterocycles. The number of thiazole rings is 1. The summed E-state index contributed by atoms with van der Waals surface area (Å²) < 4.78 is 0. The minimum absolute atomic E-state index is 0.106. The van der Waals surface area contributed by atoms with E-state index in [4.69, 9.17) is 0 Å². The number of aryl methyl sites for hydroxylation is 1. The van der Waals surface area contributed by atoms with Crippen molar-refractivity contribution in [3.8, 4) is 0 Å². The molecule has 1 aromatic heterocycles. The van der Waals surface area contributed by atoms with E-state index in [9.17, 15) is 4.79 Å². The lowest BCUT2D eigenvalue weighted by Crippen LogP contribution is -2.30. The molecule has 22 heavy (non-hydrogen) atoms. The molecule has 1 N–H and O–H groups in total. The number of carbonyl (C=O) groups excluding carboxylic acids is 1. The molecule has 0 unspecified atom stereocenters. The zero-order valence-electron chi connectivity index (χ0n) is 13.1. The van der Waals surface area contributed by atoms with Crippen molar-refractivity contribution >= 4 is 17.2 Å². The Morgan fingerprint density at radius 3 is 2.68 bits per heavy atom. The van der Waals surface area contributed by atoms with Crippen LogP contribution < -0.4 is 5.32 Å². The third-order valence-corrected chi connectivity index (χ3v) is 5.17. The summed E-state index contributed by atoms with van der Waals surface area (Å²) in [5.41, 5.74) is 1.21. The summed E-state index contributed by atoms with van der Waals surface area (Å²) in [6, 6.07) is 10.3. The van der Waals surface area contributed by atoms with Gasteiger partial charge in [-0.2, -0.15) is 0 Å². The van der Waals surface area contributed by atoms with E-state index >= 15 is 0 Å². The molecular formula is C18H22N2OS. The largest absolute Gasteiger partial charge is 0.347 e. The quantitative estimate of drug-likeness (QED) is 0.867. The highest BCUT2D eigenvalue weighted by Crippen LogP contribution is 2.42. The molecule has 1 saturated carbocycles. The van der Waals surface area contributed by atoms with Gasteiger partial charge in [-0.15, -0.1) is 11.3 Å². The Bertz CT molecular complexity index is 634. The van der Waals surface area contributed by atoms with Crippen molar-refractivity contribution in [2.24, 2.45) is 5.92 Å². The monoisotopic (exact) mass is 314 g/mol. The van der Waals surface area contributed by atoms with Crippen molar-refractivity contribution in [2.75, 3.05) is 0 Å². The number of nitrogens with zero attached hydrogens (tertiary/aromatic N) is 1. The van der Waals surface area contributed by atoms with E-state index in [2.05, 4.69) is 36.3 Å². The van der Waals surface area contributed by atoms with Crippen LogP contribution in [0.4, 0.5) is 0 Å². The number of amides is 1. The molecule has 0 spiro atoms. The first-order valence-electron chi connectivity index (χ1n) is 7.90. The SMILES string of the molecule is Cc1cnc([C@H](NC(=O)C[C@H](C)c2ccccc2)C2CC2)s1. The normalized spacial score (nSPS) is 17.0. The number of hydrogen-bond donors (Lipinski definition) is 1. The molecule has 2 aromatic rings. The predicted molar refractivity (Wildman–Crippen MR) is 89.9 cm³/mol. The summed E-state index contributed by atoms with van der Waals surface area (Å²) in [6.45, 7) is 4.17. The smallest absolute Gasteiger partial charge is 0.221 e. The van der Waals surface area contributed by atoms with Crippen molar-refractivity contribution in [1.29, 1.82) is 0 Å². The summed E-state index contributed by atoms with van der Waals surface area (Å²) in [6.07, 6.45) is 4.81. The van der Waals surface area contributed by atoms with Gasteiger partial charge in [0.2, 0.25) is 5.91 Å². The molecule has 1 amide bonds. The van der Waals surface area contributed by atoms with Crippen LogP contribution in [0, 0.1) is 12.8 Å². The van der Waals surface area contributed by atoms with E-state index in [0.29, 0.717) is 12.3 Å². The van der Waals surface area contributed by atoms with E-state index < -0.39 is 0 Å². The highest BCUT2D eigenvalue weighted by Gasteiger charge is 2.35. The van der Waals surface area contributed by atoms with Crippen LogP contribution in [0.5, 0.6) is 0 Å². The molecule has 1 fully saturated rings. The number of aromatic nitrogens is 1. The number of rotatable bonds is 6. The zero-order valence-corrected chi connectivity index (χ0v) is 13.9. The van der Waals surface area contributed by atoms with Crippen LogP contribution in [-0.2, 0) is 4.79 Å². The third-order valence-electron chi connectivity index (χ3n) is 4.18. The van der Waals surface area contributed by atoms with Crippen molar-refractivity contribution in [3.05, 3.63) is 52.0 Å². The summed E-state index contributed by atoms with van der Waals surface area (Å²) in [4.78, 5) is 18.1.